The van der Waals surface area contributed by atoms with E-state index in [1.54, 1.807) is 11.3 Å². The maximum atomic E-state index is 10.6. The number of hydrogen-bond donors (Lipinski definition) is 2. The van der Waals surface area contributed by atoms with Gasteiger partial charge in [-0.1, -0.05) is 24.3 Å². The van der Waals surface area contributed by atoms with Crippen LogP contribution in [0, 0.1) is 6.92 Å². The Kier molecular flexibility index (Phi) is 7.92. The highest BCUT2D eigenvalue weighted by atomic mass is 32.1. The molecule has 1 aromatic heterocycles. The number of aryl methyl sites for hydroxylation is 1. The minimum atomic E-state index is -5.08. The van der Waals surface area contributed by atoms with E-state index in [1.165, 1.54) is 29.7 Å². The molecule has 0 amide bonds. The van der Waals surface area contributed by atoms with Crippen molar-refractivity contribution in [1.29, 1.82) is 0 Å². The molecule has 0 saturated carbocycles. The highest BCUT2D eigenvalue weighted by Gasteiger charge is 2.45. The highest BCUT2D eigenvalue weighted by Crippen LogP contribution is 2.52. The lowest BCUT2D eigenvalue weighted by Gasteiger charge is -2.40. The number of rotatable bonds is 5. The van der Waals surface area contributed by atoms with E-state index in [1.807, 2.05) is 0 Å². The van der Waals surface area contributed by atoms with Gasteiger partial charge in [0.2, 0.25) is 0 Å². The number of thiazole rings is 1. The van der Waals surface area contributed by atoms with Crippen molar-refractivity contribution in [2.45, 2.75) is 50.4 Å². The van der Waals surface area contributed by atoms with Crippen molar-refractivity contribution in [2.75, 3.05) is 26.3 Å². The minimum Gasteiger partial charge on any atom is -0.475 e. The van der Waals surface area contributed by atoms with Crippen LogP contribution in [0.15, 0.2) is 29.6 Å². The van der Waals surface area contributed by atoms with Gasteiger partial charge in [-0.15, -0.1) is 11.3 Å². The molecule has 1 atom stereocenters. The van der Waals surface area contributed by atoms with Gasteiger partial charge in [0.15, 0.2) is 0 Å². The third kappa shape index (κ3) is 5.86. The van der Waals surface area contributed by atoms with Crippen molar-refractivity contribution >= 4 is 17.3 Å². The van der Waals surface area contributed by atoms with Crippen molar-refractivity contribution in [1.82, 2.24) is 9.88 Å². The van der Waals surface area contributed by atoms with Crippen LogP contribution in [-0.4, -0.2) is 58.5 Å². The Hall–Kier alpha value is -2.01. The number of piperidine rings is 1. The summed E-state index contributed by atoms with van der Waals surface area (Å²) in [5.74, 6) is -2.76. The molecule has 2 N–H and O–H groups in total. The van der Waals surface area contributed by atoms with E-state index in [9.17, 15) is 13.2 Å². The van der Waals surface area contributed by atoms with Gasteiger partial charge in [-0.05, 0) is 50.4 Å². The lowest BCUT2D eigenvalue weighted by atomic mass is 9.73. The molecule has 0 bridgehead atoms. The number of nitrogens with zero attached hydrogens (tertiary/aromatic N) is 2. The number of likely N-dealkylation sites (tertiary alicyclic amines) is 1. The first kappa shape index (κ1) is 24.6. The fourth-order valence-electron chi connectivity index (χ4n) is 4.50. The van der Waals surface area contributed by atoms with Gasteiger partial charge in [0, 0.05) is 17.3 Å². The summed E-state index contributed by atoms with van der Waals surface area (Å²) in [7, 11) is 0. The van der Waals surface area contributed by atoms with Crippen molar-refractivity contribution < 1.29 is 32.9 Å². The topological polar surface area (TPSA) is 82.9 Å². The molecule has 0 radical (unpaired) electrons. The molecule has 1 aromatic carbocycles. The molecule has 1 aliphatic carbocycles. The Morgan fingerprint density at radius 3 is 2.53 bits per heavy atom. The predicted octanol–water partition coefficient (Wildman–Crippen LogP) is 4.07. The first-order valence-electron chi connectivity index (χ1n) is 10.4. The lowest BCUT2D eigenvalue weighted by molar-refractivity contribution is -0.192. The van der Waals surface area contributed by atoms with Crippen LogP contribution < -0.4 is 0 Å². The summed E-state index contributed by atoms with van der Waals surface area (Å²) in [5, 5.41) is 19.6. The molecule has 1 saturated heterocycles. The molecule has 4 rings (SSSR count). The van der Waals surface area contributed by atoms with Crippen LogP contribution in [0.2, 0.25) is 0 Å². The van der Waals surface area contributed by atoms with Crippen LogP contribution in [0.1, 0.15) is 47.2 Å². The van der Waals surface area contributed by atoms with Crippen molar-refractivity contribution in [2.24, 2.45) is 0 Å². The molecule has 2 aromatic rings. The first-order chi connectivity index (χ1) is 15.1. The number of hydrogen-bond acceptors (Lipinski definition) is 6. The quantitative estimate of drug-likeness (QED) is 0.683. The lowest BCUT2D eigenvalue weighted by Crippen LogP contribution is -2.41. The summed E-state index contributed by atoms with van der Waals surface area (Å²) in [4.78, 5) is 16.0. The minimum absolute atomic E-state index is 0.0898. The van der Waals surface area contributed by atoms with Gasteiger partial charge in [-0.25, -0.2) is 9.78 Å². The zero-order valence-electron chi connectivity index (χ0n) is 17.8. The number of aromatic nitrogens is 1. The largest absolute Gasteiger partial charge is 0.490 e. The summed E-state index contributed by atoms with van der Waals surface area (Å²) >= 11 is 1.74. The molecule has 2 aliphatic rings. The first-order valence-corrected chi connectivity index (χ1v) is 11.3. The fraction of sp³-hybridized carbons (Fsp3) is 0.545. The third-order valence-electron chi connectivity index (χ3n) is 5.97. The van der Waals surface area contributed by atoms with E-state index < -0.39 is 12.1 Å². The number of carbonyl (C=O) groups is 1. The van der Waals surface area contributed by atoms with Crippen LogP contribution in [0.3, 0.4) is 0 Å². The van der Waals surface area contributed by atoms with Crippen LogP contribution >= 0.6 is 11.3 Å². The zero-order chi connectivity index (χ0) is 23.4. The number of aliphatic hydroxyl groups excluding tert-OH is 1. The summed E-state index contributed by atoms with van der Waals surface area (Å²) in [5.41, 5.74) is 4.25. The van der Waals surface area contributed by atoms with Crippen LogP contribution in [0.4, 0.5) is 13.2 Å². The summed E-state index contributed by atoms with van der Waals surface area (Å²) in [6.45, 7) is 5.76. The van der Waals surface area contributed by atoms with Gasteiger partial charge >= 0.3 is 12.1 Å². The van der Waals surface area contributed by atoms with E-state index >= 15 is 0 Å². The average Bonchev–Trinajstić information content (AvgIpc) is 3.29. The molecular weight excluding hydrogens is 445 g/mol. The van der Waals surface area contributed by atoms with Gasteiger partial charge in [-0.3, -0.25) is 4.90 Å². The molecule has 1 fully saturated rings. The van der Waals surface area contributed by atoms with Gasteiger partial charge in [0.05, 0.1) is 30.0 Å². The summed E-state index contributed by atoms with van der Waals surface area (Å²) in [6.07, 6.45) is -1.55. The number of fused-ring (bicyclic) bond motifs is 2. The Morgan fingerprint density at radius 2 is 1.97 bits per heavy atom. The standard InChI is InChI=1S/C20H26N2O2S.C2HF3O2/c1-15-21-16(14-25-15)13-22-8-6-20(7-9-22)12-19(24-11-10-23)17-4-2-3-5-18(17)20;3-2(4,5)1(6)7/h2-5,14,19,23H,6-13H2,1H3;(H,6,7). The van der Waals surface area contributed by atoms with Gasteiger partial charge < -0.3 is 14.9 Å². The highest BCUT2D eigenvalue weighted by molar-refractivity contribution is 7.09. The number of benzene rings is 1. The van der Waals surface area contributed by atoms with Gasteiger partial charge in [0.25, 0.3) is 0 Å². The van der Waals surface area contributed by atoms with E-state index in [0.717, 1.165) is 31.1 Å². The van der Waals surface area contributed by atoms with Crippen LogP contribution in [-0.2, 0) is 21.5 Å². The Morgan fingerprint density at radius 1 is 1.31 bits per heavy atom. The molecule has 32 heavy (non-hydrogen) atoms. The monoisotopic (exact) mass is 472 g/mol. The fourth-order valence-corrected chi connectivity index (χ4v) is 5.11. The normalized spacial score (nSPS) is 20.0. The second-order valence-electron chi connectivity index (χ2n) is 8.09. The van der Waals surface area contributed by atoms with Crippen molar-refractivity contribution in [3.05, 3.63) is 51.5 Å². The summed E-state index contributed by atoms with van der Waals surface area (Å²) < 4.78 is 37.7. The van der Waals surface area contributed by atoms with Crippen LogP contribution in [0.5, 0.6) is 0 Å². The Balaban J connectivity index is 0.000000360. The van der Waals surface area contributed by atoms with Gasteiger partial charge in [-0.2, -0.15) is 13.2 Å². The number of ether oxygens (including phenoxy) is 1. The number of alkyl halides is 3. The molecule has 10 heteroatoms. The van der Waals surface area contributed by atoms with Crippen molar-refractivity contribution in [3.8, 4) is 0 Å². The SMILES string of the molecule is Cc1nc(CN2CCC3(CC2)CC(OCCO)c2ccccc23)cs1.O=C(O)C(F)(F)F. The second kappa shape index (κ2) is 10.3. The maximum absolute atomic E-state index is 10.6. The Bertz CT molecular complexity index is 911. The number of aliphatic carboxylic acids is 1. The third-order valence-corrected chi connectivity index (χ3v) is 6.80. The van der Waals surface area contributed by atoms with Crippen molar-refractivity contribution in [3.63, 3.8) is 0 Å². The predicted molar refractivity (Wildman–Crippen MR) is 114 cm³/mol. The van der Waals surface area contributed by atoms with Gasteiger partial charge in [0.1, 0.15) is 0 Å². The zero-order valence-corrected chi connectivity index (χ0v) is 18.6. The van der Waals surface area contributed by atoms with E-state index in [-0.39, 0.29) is 18.1 Å². The maximum Gasteiger partial charge on any atom is 0.490 e. The molecule has 176 valence electrons. The number of halogens is 3. The molecular formula is C22H27F3N2O4S. The number of carboxylic acids is 1. The molecule has 1 aliphatic heterocycles. The van der Waals surface area contributed by atoms with E-state index in [2.05, 4.69) is 46.5 Å². The molecule has 6 nitrogen and oxygen atoms in total. The number of aliphatic hydroxyl groups is 1. The average molecular weight is 473 g/mol. The number of carboxylic acid groups (broad SMARTS) is 1. The molecule has 1 unspecified atom stereocenters. The van der Waals surface area contributed by atoms with E-state index in [4.69, 9.17) is 19.7 Å². The summed E-state index contributed by atoms with van der Waals surface area (Å²) in [6, 6.07) is 8.75. The van der Waals surface area contributed by atoms with E-state index in [0.29, 0.717) is 6.61 Å². The molecule has 2 heterocycles. The second-order valence-corrected chi connectivity index (χ2v) is 9.15. The smallest absolute Gasteiger partial charge is 0.475 e. The van der Waals surface area contributed by atoms with Crippen LogP contribution in [0.25, 0.3) is 0 Å². The molecule has 1 spiro atoms. The Labute approximate surface area is 188 Å².